The molecule has 1 heteroatoms. The second-order valence-corrected chi connectivity index (χ2v) is 3.31. The predicted molar refractivity (Wildman–Crippen MR) is 74.7 cm³/mol. The Morgan fingerprint density at radius 2 is 1.81 bits per heavy atom. The van der Waals surface area contributed by atoms with Crippen molar-refractivity contribution in [2.75, 3.05) is 0 Å². The molecular formula is C15H21N. The third-order valence-electron chi connectivity index (χ3n) is 1.69. The van der Waals surface area contributed by atoms with E-state index in [0.717, 1.165) is 11.3 Å². The Kier molecular flexibility index (Phi) is 8.90. The van der Waals surface area contributed by atoms with Crippen LogP contribution in [0.3, 0.4) is 0 Å². The molecule has 0 aliphatic carbocycles. The minimum absolute atomic E-state index is 0.902. The summed E-state index contributed by atoms with van der Waals surface area (Å²) in [7, 11) is 0. The third-order valence-corrected chi connectivity index (χ3v) is 1.69. The van der Waals surface area contributed by atoms with Crippen molar-refractivity contribution in [2.45, 2.75) is 27.2 Å². The summed E-state index contributed by atoms with van der Waals surface area (Å²) in [5, 5.41) is 0. The minimum Gasteiger partial charge on any atom is -0.264 e. The molecule has 0 radical (unpaired) electrons. The van der Waals surface area contributed by atoms with Crippen LogP contribution in [-0.4, -0.2) is 6.72 Å². The summed E-state index contributed by atoms with van der Waals surface area (Å²) in [6.45, 7) is 9.76. The summed E-state index contributed by atoms with van der Waals surface area (Å²) in [5.74, 6) is 0. The first-order valence-electron chi connectivity index (χ1n) is 5.65. The van der Waals surface area contributed by atoms with E-state index >= 15 is 0 Å². The van der Waals surface area contributed by atoms with Crippen molar-refractivity contribution >= 4 is 12.4 Å². The van der Waals surface area contributed by atoms with Crippen LogP contribution < -0.4 is 0 Å². The van der Waals surface area contributed by atoms with Gasteiger partial charge in [-0.05, 0) is 19.7 Å². The fourth-order valence-electron chi connectivity index (χ4n) is 1.04. The monoisotopic (exact) mass is 215 g/mol. The Labute approximate surface area is 99.2 Å². The Balaban J connectivity index is 0.000000673. The van der Waals surface area contributed by atoms with Gasteiger partial charge in [0, 0.05) is 5.56 Å². The number of rotatable bonds is 3. The van der Waals surface area contributed by atoms with Gasteiger partial charge in [0.25, 0.3) is 0 Å². The van der Waals surface area contributed by atoms with Gasteiger partial charge < -0.3 is 0 Å². The van der Waals surface area contributed by atoms with E-state index in [0.29, 0.717) is 0 Å². The van der Waals surface area contributed by atoms with Crippen LogP contribution in [0.5, 0.6) is 0 Å². The molecule has 1 aromatic rings. The van der Waals surface area contributed by atoms with Crippen LogP contribution in [0.15, 0.2) is 53.6 Å². The van der Waals surface area contributed by atoms with Crippen molar-refractivity contribution in [3.63, 3.8) is 0 Å². The second-order valence-electron chi connectivity index (χ2n) is 3.31. The Hall–Kier alpha value is -1.63. The number of aliphatic imine (C=N–C) groups is 1. The van der Waals surface area contributed by atoms with Crippen molar-refractivity contribution in [3.8, 4) is 0 Å². The average molecular weight is 215 g/mol. The average Bonchev–Trinajstić information content (AvgIpc) is 2.32. The van der Waals surface area contributed by atoms with Gasteiger partial charge in [-0.2, -0.15) is 0 Å². The molecule has 1 nitrogen and oxygen atoms in total. The van der Waals surface area contributed by atoms with E-state index in [1.54, 1.807) is 0 Å². The molecule has 0 spiro atoms. The predicted octanol–water partition coefficient (Wildman–Crippen LogP) is 4.72. The van der Waals surface area contributed by atoms with Gasteiger partial charge in [0.05, 0.1) is 5.70 Å². The van der Waals surface area contributed by atoms with Crippen LogP contribution in [0, 0.1) is 0 Å². The van der Waals surface area contributed by atoms with Crippen LogP contribution in [0.1, 0.15) is 32.8 Å². The normalized spacial score (nSPS) is 10.8. The zero-order valence-electron chi connectivity index (χ0n) is 10.5. The molecule has 0 fully saturated rings. The zero-order valence-corrected chi connectivity index (χ0v) is 10.5. The van der Waals surface area contributed by atoms with E-state index in [2.05, 4.69) is 25.6 Å². The van der Waals surface area contributed by atoms with E-state index in [4.69, 9.17) is 0 Å². The molecule has 16 heavy (non-hydrogen) atoms. The van der Waals surface area contributed by atoms with Gasteiger partial charge in [-0.1, -0.05) is 62.8 Å². The van der Waals surface area contributed by atoms with E-state index in [-0.39, 0.29) is 0 Å². The van der Waals surface area contributed by atoms with Crippen LogP contribution in [0.25, 0.3) is 5.70 Å². The van der Waals surface area contributed by atoms with Crippen molar-refractivity contribution in [1.82, 2.24) is 0 Å². The lowest BCUT2D eigenvalue weighted by molar-refractivity contribution is 1.09. The highest BCUT2D eigenvalue weighted by Gasteiger charge is 1.93. The summed E-state index contributed by atoms with van der Waals surface area (Å²) in [6.07, 6.45) is 7.12. The van der Waals surface area contributed by atoms with Crippen molar-refractivity contribution < 1.29 is 0 Å². The topological polar surface area (TPSA) is 12.4 Å². The summed E-state index contributed by atoms with van der Waals surface area (Å²) in [4.78, 5) is 3.96. The summed E-state index contributed by atoms with van der Waals surface area (Å²) in [5.41, 5.74) is 1.99. The molecular weight excluding hydrogens is 194 g/mol. The highest BCUT2D eigenvalue weighted by Crippen LogP contribution is 2.14. The van der Waals surface area contributed by atoms with E-state index in [9.17, 15) is 0 Å². The smallest absolute Gasteiger partial charge is 0.0694 e. The van der Waals surface area contributed by atoms with Crippen molar-refractivity contribution in [3.05, 3.63) is 54.1 Å². The molecule has 0 bridgehead atoms. The second kappa shape index (κ2) is 9.91. The van der Waals surface area contributed by atoms with Gasteiger partial charge in [0.2, 0.25) is 0 Å². The van der Waals surface area contributed by atoms with Gasteiger partial charge in [-0.15, -0.1) is 0 Å². The maximum absolute atomic E-state index is 3.96. The van der Waals surface area contributed by atoms with Gasteiger partial charge in [-0.3, -0.25) is 4.99 Å². The highest BCUT2D eigenvalue weighted by molar-refractivity contribution is 5.69. The first-order valence-corrected chi connectivity index (χ1v) is 5.65. The molecule has 0 heterocycles. The van der Waals surface area contributed by atoms with Crippen LogP contribution in [0.2, 0.25) is 0 Å². The molecule has 0 amide bonds. The molecule has 0 atom stereocenters. The third kappa shape index (κ3) is 5.97. The van der Waals surface area contributed by atoms with E-state index in [1.165, 1.54) is 6.42 Å². The molecule has 0 aromatic heterocycles. The van der Waals surface area contributed by atoms with Crippen molar-refractivity contribution in [1.29, 1.82) is 0 Å². The molecule has 0 aliphatic heterocycles. The SMILES string of the molecule is C=N/C(=C\C=C/C)c1ccccc1.CCC. The van der Waals surface area contributed by atoms with Crippen LogP contribution >= 0.6 is 0 Å². The van der Waals surface area contributed by atoms with Gasteiger partial charge in [-0.25, -0.2) is 0 Å². The van der Waals surface area contributed by atoms with Gasteiger partial charge >= 0.3 is 0 Å². The quantitative estimate of drug-likeness (QED) is 0.511. The summed E-state index contributed by atoms with van der Waals surface area (Å²) >= 11 is 0. The largest absolute Gasteiger partial charge is 0.264 e. The lowest BCUT2D eigenvalue weighted by Gasteiger charge is -1.98. The van der Waals surface area contributed by atoms with Crippen molar-refractivity contribution in [2.24, 2.45) is 4.99 Å². The summed E-state index contributed by atoms with van der Waals surface area (Å²) < 4.78 is 0. The fourth-order valence-corrected chi connectivity index (χ4v) is 1.04. The van der Waals surface area contributed by atoms with Crippen LogP contribution in [0.4, 0.5) is 0 Å². The number of hydrogen-bond acceptors (Lipinski definition) is 1. The lowest BCUT2D eigenvalue weighted by atomic mass is 10.1. The molecule has 86 valence electrons. The summed E-state index contributed by atoms with van der Waals surface area (Å²) in [6, 6.07) is 10.0. The van der Waals surface area contributed by atoms with Gasteiger partial charge in [0.15, 0.2) is 0 Å². The zero-order chi connectivity index (χ0) is 12.2. The molecule has 0 saturated heterocycles. The molecule has 0 N–H and O–H groups in total. The maximum atomic E-state index is 3.96. The van der Waals surface area contributed by atoms with E-state index in [1.807, 2.05) is 55.5 Å². The first kappa shape index (κ1) is 14.4. The Bertz CT molecular complexity index is 334. The Morgan fingerprint density at radius 3 is 2.25 bits per heavy atom. The maximum Gasteiger partial charge on any atom is 0.0694 e. The van der Waals surface area contributed by atoms with Gasteiger partial charge in [0.1, 0.15) is 0 Å². The molecule has 0 saturated carbocycles. The lowest BCUT2D eigenvalue weighted by Crippen LogP contribution is -1.78. The standard InChI is InChI=1S/C12H13N.C3H8/c1-3-4-10-12(13-2)11-8-6-5-7-9-11;1-3-2/h3-10H,2H2,1H3;3H2,1-2H3/b4-3-,12-10-;. The molecule has 0 unspecified atom stereocenters. The highest BCUT2D eigenvalue weighted by atomic mass is 14.7. The number of nitrogens with zero attached hydrogens (tertiary/aromatic N) is 1. The van der Waals surface area contributed by atoms with E-state index < -0.39 is 0 Å². The number of hydrogen-bond donors (Lipinski definition) is 0. The molecule has 0 aliphatic rings. The first-order chi connectivity index (χ1) is 7.79. The minimum atomic E-state index is 0.902. The number of benzene rings is 1. The molecule has 1 rings (SSSR count). The fraction of sp³-hybridized carbons (Fsp3) is 0.267. The van der Waals surface area contributed by atoms with Crippen LogP contribution in [-0.2, 0) is 0 Å². The molecule has 1 aromatic carbocycles. The Morgan fingerprint density at radius 1 is 1.25 bits per heavy atom. The number of allylic oxidation sites excluding steroid dienone is 3.